The highest BCUT2D eigenvalue weighted by Crippen LogP contribution is 2.23. The Morgan fingerprint density at radius 3 is 2.74 bits per heavy atom. The van der Waals surface area contributed by atoms with Gasteiger partial charge in [-0.2, -0.15) is 10.1 Å². The molecule has 0 saturated carbocycles. The monoisotopic (exact) mass is 385 g/mol. The van der Waals surface area contributed by atoms with Gasteiger partial charge in [0, 0.05) is 13.0 Å². The Labute approximate surface area is 164 Å². The first-order valence-corrected chi connectivity index (χ1v) is 9.09. The number of carbonyl (C=O) groups is 1. The first-order valence-electron chi connectivity index (χ1n) is 9.09. The number of rotatable bonds is 4. The maximum absolute atomic E-state index is 12.6. The highest BCUT2D eigenvalue weighted by molar-refractivity contribution is 5.95. The van der Waals surface area contributed by atoms with E-state index < -0.39 is 0 Å². The molecule has 3 aromatic rings. The molecule has 1 aromatic heterocycles. The number of halogens is 1. The van der Waals surface area contributed by atoms with Gasteiger partial charge in [-0.3, -0.25) is 10.1 Å². The van der Waals surface area contributed by atoms with Gasteiger partial charge in [-0.25, -0.2) is 4.68 Å². The number of fused-ring (bicyclic) bond motifs is 1. The zero-order valence-electron chi connectivity index (χ0n) is 15.3. The van der Waals surface area contributed by atoms with Crippen molar-refractivity contribution in [1.82, 2.24) is 20.1 Å². The molecular formula is C20H24ClN5O. The van der Waals surface area contributed by atoms with Crippen LogP contribution in [0.3, 0.4) is 0 Å². The van der Waals surface area contributed by atoms with Crippen molar-refractivity contribution in [2.24, 2.45) is 7.05 Å². The molecule has 1 fully saturated rings. The van der Waals surface area contributed by atoms with E-state index in [-0.39, 0.29) is 18.3 Å². The van der Waals surface area contributed by atoms with Gasteiger partial charge in [0.15, 0.2) is 5.82 Å². The summed E-state index contributed by atoms with van der Waals surface area (Å²) in [6.07, 6.45) is 2.39. The van der Waals surface area contributed by atoms with E-state index >= 15 is 0 Å². The van der Waals surface area contributed by atoms with Gasteiger partial charge >= 0.3 is 0 Å². The van der Waals surface area contributed by atoms with Crippen LogP contribution in [0.5, 0.6) is 0 Å². The summed E-state index contributed by atoms with van der Waals surface area (Å²) in [5.41, 5.74) is 1.02. The molecule has 142 valence electrons. The lowest BCUT2D eigenvalue weighted by Crippen LogP contribution is -2.27. The van der Waals surface area contributed by atoms with Crippen LogP contribution in [0.25, 0.3) is 10.8 Å². The number of aryl methyl sites for hydroxylation is 1. The second-order valence-corrected chi connectivity index (χ2v) is 6.80. The van der Waals surface area contributed by atoms with Crippen molar-refractivity contribution in [2.45, 2.75) is 25.2 Å². The van der Waals surface area contributed by atoms with Crippen LogP contribution in [-0.4, -0.2) is 33.8 Å². The molecule has 0 atom stereocenters. The number of hydrogen-bond donors (Lipinski definition) is 2. The molecule has 1 saturated heterocycles. The summed E-state index contributed by atoms with van der Waals surface area (Å²) in [5, 5.41) is 13.0. The predicted molar refractivity (Wildman–Crippen MR) is 109 cm³/mol. The summed E-state index contributed by atoms with van der Waals surface area (Å²) in [7, 11) is 1.82. The van der Waals surface area contributed by atoms with E-state index in [2.05, 4.69) is 38.9 Å². The van der Waals surface area contributed by atoms with Gasteiger partial charge in [-0.05, 0) is 42.3 Å². The molecule has 6 nitrogen and oxygen atoms in total. The highest BCUT2D eigenvalue weighted by atomic mass is 35.5. The van der Waals surface area contributed by atoms with E-state index in [4.69, 9.17) is 0 Å². The summed E-state index contributed by atoms with van der Waals surface area (Å²) < 4.78 is 1.67. The third-order valence-corrected chi connectivity index (χ3v) is 4.97. The van der Waals surface area contributed by atoms with E-state index in [1.54, 1.807) is 4.68 Å². The fraction of sp³-hybridized carbons (Fsp3) is 0.350. The van der Waals surface area contributed by atoms with Gasteiger partial charge < -0.3 is 5.32 Å². The average Bonchev–Trinajstić information content (AvgIpc) is 3.03. The van der Waals surface area contributed by atoms with Crippen LogP contribution in [0, 0.1) is 0 Å². The first-order chi connectivity index (χ1) is 12.7. The van der Waals surface area contributed by atoms with Crippen molar-refractivity contribution in [3.05, 3.63) is 53.9 Å². The number of nitrogens with one attached hydrogen (secondary N) is 2. The van der Waals surface area contributed by atoms with Crippen molar-refractivity contribution in [3.8, 4) is 0 Å². The Balaban J connectivity index is 0.00000210. The zero-order chi connectivity index (χ0) is 17.9. The second kappa shape index (κ2) is 8.50. The Kier molecular flexibility index (Phi) is 6.08. The first kappa shape index (κ1) is 19.3. The van der Waals surface area contributed by atoms with Gasteiger partial charge in [-0.1, -0.05) is 42.5 Å². The predicted octanol–water partition coefficient (Wildman–Crippen LogP) is 3.04. The summed E-state index contributed by atoms with van der Waals surface area (Å²) in [4.78, 5) is 17.1. The molecule has 2 heterocycles. The lowest BCUT2D eigenvalue weighted by Gasteiger charge is -2.19. The summed E-state index contributed by atoms with van der Waals surface area (Å²) in [6, 6.07) is 14.2. The average molecular weight is 386 g/mol. The number of hydrogen-bond acceptors (Lipinski definition) is 4. The maximum Gasteiger partial charge on any atom is 0.231 e. The minimum absolute atomic E-state index is 0. The molecule has 4 rings (SSSR count). The maximum atomic E-state index is 12.6. The van der Waals surface area contributed by atoms with Crippen molar-refractivity contribution >= 4 is 35.0 Å². The summed E-state index contributed by atoms with van der Waals surface area (Å²) in [5.74, 6) is 1.64. The highest BCUT2D eigenvalue weighted by Gasteiger charge is 2.21. The van der Waals surface area contributed by atoms with Crippen LogP contribution in [-0.2, 0) is 18.3 Å². The molecule has 0 spiro atoms. The molecular weight excluding hydrogens is 362 g/mol. The molecule has 27 heavy (non-hydrogen) atoms. The standard InChI is InChI=1S/C20H23N5O.ClH/c1-25-20(23-19(24-25)15-9-11-21-12-10-15)22-18(26)13-16-7-4-6-14-5-2-3-8-17(14)16;/h2-8,15,21H,9-13H2,1H3,(H,22,23,24,26);1H. The molecule has 1 aliphatic heterocycles. The number of anilines is 1. The Bertz CT molecular complexity index is 928. The van der Waals surface area contributed by atoms with Crippen LogP contribution >= 0.6 is 12.4 Å². The molecule has 0 aliphatic carbocycles. The van der Waals surface area contributed by atoms with Gasteiger partial charge in [0.1, 0.15) is 0 Å². The van der Waals surface area contributed by atoms with Gasteiger partial charge in [0.25, 0.3) is 0 Å². The topological polar surface area (TPSA) is 71.8 Å². The number of carbonyl (C=O) groups excluding carboxylic acids is 1. The number of nitrogens with zero attached hydrogens (tertiary/aromatic N) is 3. The Morgan fingerprint density at radius 1 is 1.19 bits per heavy atom. The van der Waals surface area contributed by atoms with E-state index in [9.17, 15) is 4.79 Å². The van der Waals surface area contributed by atoms with Crippen LogP contribution in [0.4, 0.5) is 5.95 Å². The second-order valence-electron chi connectivity index (χ2n) is 6.80. The van der Waals surface area contributed by atoms with Crippen LogP contribution < -0.4 is 10.6 Å². The van der Waals surface area contributed by atoms with Crippen molar-refractivity contribution in [3.63, 3.8) is 0 Å². The quantitative estimate of drug-likeness (QED) is 0.724. The lowest BCUT2D eigenvalue weighted by molar-refractivity contribution is -0.115. The third-order valence-electron chi connectivity index (χ3n) is 4.97. The smallest absolute Gasteiger partial charge is 0.231 e. The fourth-order valence-corrected chi connectivity index (χ4v) is 3.55. The van der Waals surface area contributed by atoms with E-state index in [0.717, 1.165) is 48.1 Å². The van der Waals surface area contributed by atoms with E-state index in [0.29, 0.717) is 18.3 Å². The Morgan fingerprint density at radius 2 is 1.93 bits per heavy atom. The normalized spacial score (nSPS) is 14.7. The molecule has 2 aromatic carbocycles. The molecule has 0 bridgehead atoms. The fourth-order valence-electron chi connectivity index (χ4n) is 3.55. The number of aromatic nitrogens is 3. The molecule has 0 unspecified atom stereocenters. The van der Waals surface area contributed by atoms with Crippen molar-refractivity contribution in [1.29, 1.82) is 0 Å². The van der Waals surface area contributed by atoms with E-state index in [1.165, 1.54) is 0 Å². The zero-order valence-corrected chi connectivity index (χ0v) is 16.1. The number of amides is 1. The van der Waals surface area contributed by atoms with Gasteiger partial charge in [0.05, 0.1) is 6.42 Å². The minimum Gasteiger partial charge on any atom is -0.317 e. The van der Waals surface area contributed by atoms with Crippen molar-refractivity contribution < 1.29 is 4.79 Å². The van der Waals surface area contributed by atoms with Crippen LogP contribution in [0.1, 0.15) is 30.1 Å². The number of piperidine rings is 1. The Hall–Kier alpha value is -2.44. The molecule has 7 heteroatoms. The third kappa shape index (κ3) is 4.28. The number of benzene rings is 2. The molecule has 2 N–H and O–H groups in total. The molecule has 1 amide bonds. The lowest BCUT2D eigenvalue weighted by atomic mass is 9.98. The summed E-state index contributed by atoms with van der Waals surface area (Å²) >= 11 is 0. The SMILES string of the molecule is Cl.Cn1nc(C2CCNCC2)nc1NC(=O)Cc1cccc2ccccc12. The molecule has 0 radical (unpaired) electrons. The van der Waals surface area contributed by atoms with Crippen molar-refractivity contribution in [2.75, 3.05) is 18.4 Å². The largest absolute Gasteiger partial charge is 0.317 e. The summed E-state index contributed by atoms with van der Waals surface area (Å²) in [6.45, 7) is 1.98. The van der Waals surface area contributed by atoms with E-state index in [1.807, 2.05) is 31.3 Å². The van der Waals surface area contributed by atoms with Gasteiger partial charge in [0.2, 0.25) is 11.9 Å². The molecule has 1 aliphatic rings. The minimum atomic E-state index is -0.0753. The van der Waals surface area contributed by atoms with Crippen LogP contribution in [0.2, 0.25) is 0 Å². The van der Waals surface area contributed by atoms with Crippen LogP contribution in [0.15, 0.2) is 42.5 Å². The van der Waals surface area contributed by atoms with Gasteiger partial charge in [-0.15, -0.1) is 12.4 Å².